The zero-order valence-corrected chi connectivity index (χ0v) is 14.6. The Kier molecular flexibility index (Phi) is 16.4. The van der Waals surface area contributed by atoms with Gasteiger partial charge in [0, 0.05) is 27.2 Å². The van der Waals surface area contributed by atoms with Crippen molar-refractivity contribution in [2.75, 3.05) is 67.0 Å². The van der Waals surface area contributed by atoms with E-state index in [0.29, 0.717) is 59.2 Å². The van der Waals surface area contributed by atoms with Crippen molar-refractivity contribution in [1.29, 1.82) is 0 Å². The highest BCUT2D eigenvalue weighted by Crippen LogP contribution is 2.02. The molecule has 1 amide bonds. The Morgan fingerprint density at radius 2 is 1.48 bits per heavy atom. The number of methoxy groups -OCH3 is 1. The van der Waals surface area contributed by atoms with Gasteiger partial charge in [0.15, 0.2) is 0 Å². The number of carbonyl (C=O) groups excluding carboxylic acids is 1. The highest BCUT2D eigenvalue weighted by Gasteiger charge is 2.06. The Hall–Kier alpha value is -1.13. The molecule has 0 aliphatic carbocycles. The minimum absolute atomic E-state index is 0.102. The molecule has 0 saturated heterocycles. The van der Waals surface area contributed by atoms with Gasteiger partial charge in [0.2, 0.25) is 5.91 Å². The van der Waals surface area contributed by atoms with Gasteiger partial charge in [-0.1, -0.05) is 12.3 Å². The molecule has 0 aliphatic heterocycles. The van der Waals surface area contributed by atoms with Gasteiger partial charge in [0.25, 0.3) is 0 Å². The van der Waals surface area contributed by atoms with Gasteiger partial charge in [-0.2, -0.15) is 0 Å². The van der Waals surface area contributed by atoms with Crippen LogP contribution in [-0.2, 0) is 23.7 Å². The monoisotopic (exact) mass is 329 g/mol. The van der Waals surface area contributed by atoms with E-state index in [-0.39, 0.29) is 5.91 Å². The molecule has 0 aromatic carbocycles. The molecule has 0 N–H and O–H groups in total. The lowest BCUT2D eigenvalue weighted by Gasteiger charge is -2.13. The van der Waals surface area contributed by atoms with Crippen molar-refractivity contribution >= 4 is 5.91 Å². The van der Waals surface area contributed by atoms with Gasteiger partial charge in [-0.15, -0.1) is 6.42 Å². The normalized spacial score (nSPS) is 10.5. The lowest BCUT2D eigenvalue weighted by Crippen LogP contribution is -2.26. The van der Waals surface area contributed by atoms with Crippen molar-refractivity contribution in [3.8, 4) is 12.3 Å². The molecule has 0 aliphatic rings. The van der Waals surface area contributed by atoms with Crippen LogP contribution in [0.5, 0.6) is 0 Å². The van der Waals surface area contributed by atoms with E-state index in [9.17, 15) is 4.79 Å². The summed E-state index contributed by atoms with van der Waals surface area (Å²) in [6.45, 7) is 4.57. The SMILES string of the molecule is C#CCN(C)C(=O)CCCCCOCCOCCOCCOC. The maximum Gasteiger partial charge on any atom is 0.223 e. The van der Waals surface area contributed by atoms with Crippen molar-refractivity contribution in [3.05, 3.63) is 0 Å². The molecule has 0 spiro atoms. The van der Waals surface area contributed by atoms with Crippen LogP contribution in [0, 0.1) is 12.3 Å². The van der Waals surface area contributed by atoms with E-state index in [1.807, 2.05) is 0 Å². The predicted octanol–water partition coefficient (Wildman–Crippen LogP) is 1.33. The highest BCUT2D eigenvalue weighted by molar-refractivity contribution is 5.76. The van der Waals surface area contributed by atoms with E-state index in [4.69, 9.17) is 25.4 Å². The Morgan fingerprint density at radius 3 is 2.04 bits per heavy atom. The van der Waals surface area contributed by atoms with E-state index < -0.39 is 0 Å². The van der Waals surface area contributed by atoms with E-state index in [2.05, 4.69) is 5.92 Å². The molecule has 0 bridgehead atoms. The average Bonchev–Trinajstić information content (AvgIpc) is 2.55. The number of terminal acetylenes is 1. The van der Waals surface area contributed by atoms with Crippen LogP contribution < -0.4 is 0 Å². The van der Waals surface area contributed by atoms with Gasteiger partial charge in [0.05, 0.1) is 46.2 Å². The summed E-state index contributed by atoms with van der Waals surface area (Å²) in [7, 11) is 3.38. The van der Waals surface area contributed by atoms with Gasteiger partial charge in [0.1, 0.15) is 0 Å². The Bertz CT molecular complexity index is 317. The summed E-state index contributed by atoms with van der Waals surface area (Å²) in [6, 6.07) is 0. The summed E-state index contributed by atoms with van der Waals surface area (Å²) in [4.78, 5) is 13.2. The van der Waals surface area contributed by atoms with Crippen LogP contribution in [0.25, 0.3) is 0 Å². The van der Waals surface area contributed by atoms with Crippen molar-refractivity contribution in [1.82, 2.24) is 4.90 Å². The van der Waals surface area contributed by atoms with E-state index >= 15 is 0 Å². The van der Waals surface area contributed by atoms with Crippen LogP contribution in [0.2, 0.25) is 0 Å². The van der Waals surface area contributed by atoms with Crippen molar-refractivity contribution in [2.24, 2.45) is 0 Å². The Balaban J connectivity index is 3.16. The summed E-state index contributed by atoms with van der Waals surface area (Å²) in [5.74, 6) is 2.56. The molecule has 23 heavy (non-hydrogen) atoms. The first-order chi connectivity index (χ1) is 11.2. The van der Waals surface area contributed by atoms with Crippen LogP contribution in [0.1, 0.15) is 25.7 Å². The third kappa shape index (κ3) is 15.5. The lowest BCUT2D eigenvalue weighted by molar-refractivity contribution is -0.129. The van der Waals surface area contributed by atoms with E-state index in [0.717, 1.165) is 19.3 Å². The number of hydrogen-bond donors (Lipinski definition) is 0. The lowest BCUT2D eigenvalue weighted by atomic mass is 10.2. The van der Waals surface area contributed by atoms with Gasteiger partial charge < -0.3 is 23.8 Å². The quantitative estimate of drug-likeness (QED) is 0.316. The standard InChI is InChI=1S/C17H31NO5/c1-4-9-18(2)17(19)8-6-5-7-10-21-13-14-23-16-15-22-12-11-20-3/h1H,5-16H2,2-3H3. The fourth-order valence-corrected chi connectivity index (χ4v) is 1.76. The molecular weight excluding hydrogens is 298 g/mol. The van der Waals surface area contributed by atoms with E-state index in [1.54, 1.807) is 19.1 Å². The summed E-state index contributed by atoms with van der Waals surface area (Å²) in [6.07, 6.45) is 8.51. The van der Waals surface area contributed by atoms with Crippen LogP contribution >= 0.6 is 0 Å². The smallest absolute Gasteiger partial charge is 0.223 e. The zero-order valence-electron chi connectivity index (χ0n) is 14.6. The first kappa shape index (κ1) is 21.9. The summed E-state index contributed by atoms with van der Waals surface area (Å²) < 4.78 is 21.0. The van der Waals surface area contributed by atoms with Crippen molar-refractivity contribution in [2.45, 2.75) is 25.7 Å². The number of unbranched alkanes of at least 4 members (excludes halogenated alkanes) is 2. The zero-order chi connectivity index (χ0) is 17.2. The Labute approximate surface area is 140 Å². The number of rotatable bonds is 16. The second kappa shape index (κ2) is 17.2. The topological polar surface area (TPSA) is 57.2 Å². The van der Waals surface area contributed by atoms with Crippen LogP contribution in [0.15, 0.2) is 0 Å². The summed E-state index contributed by atoms with van der Waals surface area (Å²) in [5.41, 5.74) is 0. The number of carbonyl (C=O) groups is 1. The molecule has 0 heterocycles. The number of nitrogens with zero attached hydrogens (tertiary/aromatic N) is 1. The second-order valence-electron chi connectivity index (χ2n) is 5.09. The molecule has 0 saturated carbocycles. The van der Waals surface area contributed by atoms with Crippen LogP contribution in [0.4, 0.5) is 0 Å². The molecule has 0 atom stereocenters. The maximum atomic E-state index is 11.6. The molecule has 0 aromatic heterocycles. The number of hydrogen-bond acceptors (Lipinski definition) is 5. The molecular formula is C17H31NO5. The molecule has 0 aromatic rings. The summed E-state index contributed by atoms with van der Waals surface area (Å²) in [5, 5.41) is 0. The van der Waals surface area contributed by atoms with Gasteiger partial charge in [-0.05, 0) is 12.8 Å². The fourth-order valence-electron chi connectivity index (χ4n) is 1.76. The van der Waals surface area contributed by atoms with Crippen LogP contribution in [0.3, 0.4) is 0 Å². The van der Waals surface area contributed by atoms with Gasteiger partial charge in [-0.25, -0.2) is 0 Å². The molecule has 0 fully saturated rings. The molecule has 0 rings (SSSR count). The second-order valence-corrected chi connectivity index (χ2v) is 5.09. The molecule has 6 nitrogen and oxygen atoms in total. The third-order valence-corrected chi connectivity index (χ3v) is 3.11. The van der Waals surface area contributed by atoms with Crippen molar-refractivity contribution in [3.63, 3.8) is 0 Å². The molecule has 0 radical (unpaired) electrons. The Morgan fingerprint density at radius 1 is 0.913 bits per heavy atom. The average molecular weight is 329 g/mol. The number of ether oxygens (including phenoxy) is 4. The maximum absolute atomic E-state index is 11.6. The van der Waals surface area contributed by atoms with E-state index in [1.165, 1.54) is 0 Å². The van der Waals surface area contributed by atoms with Crippen molar-refractivity contribution < 1.29 is 23.7 Å². The fraction of sp³-hybridized carbons (Fsp3) is 0.824. The third-order valence-electron chi connectivity index (χ3n) is 3.11. The first-order valence-electron chi connectivity index (χ1n) is 8.12. The minimum Gasteiger partial charge on any atom is -0.382 e. The molecule has 134 valence electrons. The minimum atomic E-state index is 0.102. The largest absolute Gasteiger partial charge is 0.382 e. The van der Waals surface area contributed by atoms with Gasteiger partial charge in [-0.3, -0.25) is 4.79 Å². The predicted molar refractivity (Wildman–Crippen MR) is 89.3 cm³/mol. The van der Waals surface area contributed by atoms with Gasteiger partial charge >= 0.3 is 0 Å². The first-order valence-corrected chi connectivity index (χ1v) is 8.12. The highest BCUT2D eigenvalue weighted by atomic mass is 16.6. The van der Waals surface area contributed by atoms with Crippen LogP contribution in [-0.4, -0.2) is 77.8 Å². The summed E-state index contributed by atoms with van der Waals surface area (Å²) >= 11 is 0. The molecule has 6 heteroatoms. The number of amides is 1. The molecule has 0 unspecified atom stereocenters.